The van der Waals surface area contributed by atoms with Crippen LogP contribution in [0.4, 0.5) is 0 Å². The van der Waals surface area contributed by atoms with Crippen molar-refractivity contribution < 1.29 is 5.11 Å². The summed E-state index contributed by atoms with van der Waals surface area (Å²) in [6.07, 6.45) is 14.7. The molecule has 0 aliphatic carbocycles. The molecule has 1 fully saturated rings. The van der Waals surface area contributed by atoms with Crippen molar-refractivity contribution in [2.24, 2.45) is 0 Å². The highest BCUT2D eigenvalue weighted by atomic mass is 79.9. The van der Waals surface area contributed by atoms with E-state index in [1.807, 2.05) is 0 Å². The molecule has 0 aromatic carbocycles. The van der Waals surface area contributed by atoms with Crippen molar-refractivity contribution in [3.05, 3.63) is 0 Å². The molecular weight excluding hydrogens is 302 g/mol. The minimum absolute atomic E-state index is 0.354. The Labute approximate surface area is 128 Å². The molecule has 2 nitrogen and oxygen atoms in total. The van der Waals surface area contributed by atoms with Crippen molar-refractivity contribution in [1.29, 1.82) is 0 Å². The number of aliphatic hydroxyl groups excluding tert-OH is 1. The number of aliphatic hydroxyl groups is 1. The molecule has 0 saturated carbocycles. The molecule has 0 aromatic rings. The Kier molecular flexibility index (Phi) is 11.2. The van der Waals surface area contributed by atoms with Gasteiger partial charge in [0.05, 0.1) is 6.61 Å². The Morgan fingerprint density at radius 2 is 1.58 bits per heavy atom. The van der Waals surface area contributed by atoms with Gasteiger partial charge in [0.15, 0.2) is 0 Å². The summed E-state index contributed by atoms with van der Waals surface area (Å²) in [6, 6.07) is 0.446. The average molecular weight is 334 g/mol. The summed E-state index contributed by atoms with van der Waals surface area (Å²) in [4.78, 5) is 2.54. The van der Waals surface area contributed by atoms with Crippen LogP contribution in [0, 0.1) is 0 Å². The summed E-state index contributed by atoms with van der Waals surface area (Å²) in [5, 5.41) is 10.6. The maximum absolute atomic E-state index is 9.46. The molecule has 0 aromatic heterocycles. The highest BCUT2D eigenvalue weighted by Crippen LogP contribution is 2.17. The number of unbranched alkanes of at least 4 members (excludes halogenated alkanes) is 6. The van der Waals surface area contributed by atoms with Gasteiger partial charge in [-0.1, -0.05) is 60.9 Å². The molecule has 0 spiro atoms. The lowest BCUT2D eigenvalue weighted by atomic mass is 10.1. The van der Waals surface area contributed by atoms with E-state index in [4.69, 9.17) is 0 Å². The summed E-state index contributed by atoms with van der Waals surface area (Å²) < 4.78 is 0. The third-order valence-electron chi connectivity index (χ3n) is 4.29. The van der Waals surface area contributed by atoms with E-state index < -0.39 is 0 Å². The molecule has 0 amide bonds. The second-order valence-corrected chi connectivity index (χ2v) is 6.68. The van der Waals surface area contributed by atoms with Gasteiger partial charge in [-0.25, -0.2) is 0 Å². The lowest BCUT2D eigenvalue weighted by molar-refractivity contribution is 0.122. The molecule has 1 heterocycles. The van der Waals surface area contributed by atoms with Gasteiger partial charge in [-0.15, -0.1) is 0 Å². The van der Waals surface area contributed by atoms with E-state index in [-0.39, 0.29) is 0 Å². The number of hydrogen-bond donors (Lipinski definition) is 1. The predicted molar refractivity (Wildman–Crippen MR) is 87.0 cm³/mol. The van der Waals surface area contributed by atoms with Crippen molar-refractivity contribution >= 4 is 15.9 Å². The molecule has 1 rings (SSSR count). The Morgan fingerprint density at radius 1 is 0.895 bits per heavy atom. The van der Waals surface area contributed by atoms with Crippen molar-refractivity contribution in [2.75, 3.05) is 25.0 Å². The zero-order valence-corrected chi connectivity index (χ0v) is 14.0. The Hall–Kier alpha value is 0.400. The van der Waals surface area contributed by atoms with Gasteiger partial charge in [0.2, 0.25) is 0 Å². The molecular formula is C16H32BrNO. The van der Waals surface area contributed by atoms with Gasteiger partial charge in [0, 0.05) is 11.4 Å². The van der Waals surface area contributed by atoms with Gasteiger partial charge in [-0.05, 0) is 38.8 Å². The largest absolute Gasteiger partial charge is 0.395 e. The molecule has 1 aliphatic rings. The maximum atomic E-state index is 9.46. The van der Waals surface area contributed by atoms with Crippen LogP contribution in [0.25, 0.3) is 0 Å². The van der Waals surface area contributed by atoms with Gasteiger partial charge >= 0.3 is 0 Å². The highest BCUT2D eigenvalue weighted by Gasteiger charge is 2.19. The van der Waals surface area contributed by atoms with Crippen molar-refractivity contribution in [2.45, 2.75) is 76.7 Å². The van der Waals surface area contributed by atoms with E-state index in [1.54, 1.807) is 0 Å². The fourth-order valence-electron chi connectivity index (χ4n) is 3.03. The Balaban J connectivity index is 2.00. The first-order valence-electron chi connectivity index (χ1n) is 8.29. The summed E-state index contributed by atoms with van der Waals surface area (Å²) in [5.41, 5.74) is 0. The Morgan fingerprint density at radius 3 is 2.26 bits per heavy atom. The maximum Gasteiger partial charge on any atom is 0.0586 e. The number of rotatable bonds is 10. The molecule has 3 heteroatoms. The molecule has 1 aliphatic heterocycles. The predicted octanol–water partition coefficient (Wildman–Crippen LogP) is 4.35. The van der Waals surface area contributed by atoms with E-state index in [9.17, 15) is 5.11 Å². The second-order valence-electron chi connectivity index (χ2n) is 5.89. The molecule has 0 bridgehead atoms. The standard InChI is InChI=1S/C16H32BrNO/c17-12-8-4-2-1-3-5-9-13-18-14-10-6-7-11-16(18)15-19/h16,19H,1-15H2. The molecule has 19 heavy (non-hydrogen) atoms. The molecule has 0 radical (unpaired) electrons. The molecule has 1 unspecified atom stereocenters. The van der Waals surface area contributed by atoms with E-state index in [2.05, 4.69) is 20.8 Å². The van der Waals surface area contributed by atoms with Crippen LogP contribution in [0.5, 0.6) is 0 Å². The fourth-order valence-corrected chi connectivity index (χ4v) is 3.43. The average Bonchev–Trinajstić information content (AvgIpc) is 2.66. The van der Waals surface area contributed by atoms with Crippen LogP contribution in [0.15, 0.2) is 0 Å². The molecule has 1 saturated heterocycles. The van der Waals surface area contributed by atoms with E-state index >= 15 is 0 Å². The van der Waals surface area contributed by atoms with Gasteiger partial charge < -0.3 is 5.11 Å². The van der Waals surface area contributed by atoms with Gasteiger partial charge in [-0.2, -0.15) is 0 Å². The second kappa shape index (κ2) is 12.2. The van der Waals surface area contributed by atoms with Gasteiger partial charge in [0.1, 0.15) is 0 Å². The number of alkyl halides is 1. The summed E-state index contributed by atoms with van der Waals surface area (Å²) in [7, 11) is 0. The zero-order chi connectivity index (χ0) is 13.8. The topological polar surface area (TPSA) is 23.5 Å². The molecule has 1 N–H and O–H groups in total. The lowest BCUT2D eigenvalue weighted by Crippen LogP contribution is -2.38. The summed E-state index contributed by atoms with van der Waals surface area (Å²) in [5.74, 6) is 0. The number of hydrogen-bond acceptors (Lipinski definition) is 2. The number of likely N-dealkylation sites (tertiary alicyclic amines) is 1. The molecule has 114 valence electrons. The van der Waals surface area contributed by atoms with E-state index in [0.29, 0.717) is 12.6 Å². The van der Waals surface area contributed by atoms with Crippen molar-refractivity contribution in [1.82, 2.24) is 4.90 Å². The minimum atomic E-state index is 0.354. The monoisotopic (exact) mass is 333 g/mol. The van der Waals surface area contributed by atoms with E-state index in [1.165, 1.54) is 83.7 Å². The van der Waals surface area contributed by atoms with Crippen LogP contribution < -0.4 is 0 Å². The first-order valence-corrected chi connectivity index (χ1v) is 9.41. The Bertz CT molecular complexity index is 201. The first kappa shape index (κ1) is 17.5. The minimum Gasteiger partial charge on any atom is -0.395 e. The quantitative estimate of drug-likeness (QED) is 0.474. The van der Waals surface area contributed by atoms with Gasteiger partial charge in [-0.3, -0.25) is 4.90 Å². The smallest absolute Gasteiger partial charge is 0.0586 e. The van der Waals surface area contributed by atoms with Gasteiger partial charge in [0.25, 0.3) is 0 Å². The molecule has 1 atom stereocenters. The zero-order valence-electron chi connectivity index (χ0n) is 12.5. The van der Waals surface area contributed by atoms with Crippen LogP contribution in [-0.2, 0) is 0 Å². The van der Waals surface area contributed by atoms with Crippen LogP contribution in [0.3, 0.4) is 0 Å². The summed E-state index contributed by atoms with van der Waals surface area (Å²) in [6.45, 7) is 2.76. The van der Waals surface area contributed by atoms with Crippen molar-refractivity contribution in [3.63, 3.8) is 0 Å². The van der Waals surface area contributed by atoms with Crippen LogP contribution in [0.1, 0.15) is 70.6 Å². The van der Waals surface area contributed by atoms with Crippen molar-refractivity contribution in [3.8, 4) is 0 Å². The normalized spacial score (nSPS) is 21.5. The number of halogens is 1. The van der Waals surface area contributed by atoms with Crippen LogP contribution in [0.2, 0.25) is 0 Å². The third-order valence-corrected chi connectivity index (χ3v) is 4.85. The van der Waals surface area contributed by atoms with Crippen LogP contribution >= 0.6 is 15.9 Å². The van der Waals surface area contributed by atoms with E-state index in [0.717, 1.165) is 5.33 Å². The SMILES string of the molecule is OCC1CCCCCN1CCCCCCCCCBr. The van der Waals surface area contributed by atoms with Crippen LogP contribution in [-0.4, -0.2) is 41.1 Å². The number of nitrogens with zero attached hydrogens (tertiary/aromatic N) is 1. The third kappa shape index (κ3) is 8.31. The summed E-state index contributed by atoms with van der Waals surface area (Å²) >= 11 is 3.48. The highest BCUT2D eigenvalue weighted by molar-refractivity contribution is 9.09. The first-order chi connectivity index (χ1) is 9.38. The lowest BCUT2D eigenvalue weighted by Gasteiger charge is -2.28. The fraction of sp³-hybridized carbons (Fsp3) is 1.00.